The fraction of sp³-hybridized carbons (Fsp3) is 0.200. The minimum Gasteiger partial charge on any atom is -0.381 e. The van der Waals surface area contributed by atoms with Crippen molar-refractivity contribution in [2.24, 2.45) is 0 Å². The second kappa shape index (κ2) is 6.92. The average molecular weight is 343 g/mol. The summed E-state index contributed by atoms with van der Waals surface area (Å²) >= 11 is 8.88. The summed E-state index contributed by atoms with van der Waals surface area (Å²) in [5.41, 5.74) is 3.29. The molecule has 0 amide bonds. The van der Waals surface area contributed by atoms with Crippen molar-refractivity contribution in [3.63, 3.8) is 0 Å². The summed E-state index contributed by atoms with van der Waals surface area (Å²) in [6, 6.07) is 13.2. The normalized spacial score (nSPS) is 10.5. The van der Waals surface area contributed by atoms with E-state index in [0.717, 1.165) is 17.7 Å². The molecule has 0 fully saturated rings. The van der Waals surface area contributed by atoms with Gasteiger partial charge in [0.1, 0.15) is 5.82 Å². The number of halogens is 3. The molecule has 4 heteroatoms. The number of rotatable bonds is 5. The van der Waals surface area contributed by atoms with Crippen molar-refractivity contribution < 1.29 is 4.39 Å². The van der Waals surface area contributed by atoms with Gasteiger partial charge in [-0.2, -0.15) is 0 Å². The first-order chi connectivity index (χ1) is 9.19. The molecule has 0 unspecified atom stereocenters. The third-order valence-corrected chi connectivity index (χ3v) is 3.61. The topological polar surface area (TPSA) is 12.0 Å². The quantitative estimate of drug-likeness (QED) is 0.756. The molecule has 2 aromatic rings. The summed E-state index contributed by atoms with van der Waals surface area (Å²) in [5, 5.41) is 3.30. The fourth-order valence-electron chi connectivity index (χ4n) is 1.75. The molecule has 19 heavy (non-hydrogen) atoms. The third kappa shape index (κ3) is 4.22. The summed E-state index contributed by atoms with van der Waals surface area (Å²) in [5.74, 6) is 0.394. The molecule has 1 nitrogen and oxygen atoms in total. The van der Waals surface area contributed by atoms with E-state index in [4.69, 9.17) is 11.6 Å². The maximum absolute atomic E-state index is 13.1. The third-order valence-electron chi connectivity index (χ3n) is 2.82. The van der Waals surface area contributed by atoms with Crippen LogP contribution in [0.4, 0.5) is 10.1 Å². The van der Waals surface area contributed by atoms with Crippen LogP contribution in [0.15, 0.2) is 46.9 Å². The standard InChI is InChI=1S/C15H14BrClFN/c16-14-9-12(3-6-15(14)18)10-19-13-4-1-11(2-5-13)7-8-17/h1-6,9,19H,7-8,10H2. The van der Waals surface area contributed by atoms with Crippen LogP contribution in [-0.4, -0.2) is 5.88 Å². The van der Waals surface area contributed by atoms with Crippen molar-refractivity contribution >= 4 is 33.2 Å². The lowest BCUT2D eigenvalue weighted by molar-refractivity contribution is 0.620. The van der Waals surface area contributed by atoms with Gasteiger partial charge in [-0.3, -0.25) is 0 Å². The summed E-state index contributed by atoms with van der Waals surface area (Å²) in [7, 11) is 0. The number of anilines is 1. The van der Waals surface area contributed by atoms with E-state index in [1.807, 2.05) is 12.1 Å². The maximum Gasteiger partial charge on any atom is 0.137 e. The Labute approximate surface area is 125 Å². The summed E-state index contributed by atoms with van der Waals surface area (Å²) in [4.78, 5) is 0. The van der Waals surface area contributed by atoms with Gasteiger partial charge >= 0.3 is 0 Å². The molecule has 0 saturated heterocycles. The Bertz CT molecular complexity index is 542. The van der Waals surface area contributed by atoms with Crippen molar-refractivity contribution in [1.29, 1.82) is 0 Å². The summed E-state index contributed by atoms with van der Waals surface area (Å²) in [6.07, 6.45) is 0.882. The van der Waals surface area contributed by atoms with Crippen LogP contribution in [0.5, 0.6) is 0 Å². The highest BCUT2D eigenvalue weighted by atomic mass is 79.9. The lowest BCUT2D eigenvalue weighted by atomic mass is 10.1. The first-order valence-electron chi connectivity index (χ1n) is 6.02. The first-order valence-corrected chi connectivity index (χ1v) is 7.34. The van der Waals surface area contributed by atoms with Crippen LogP contribution in [-0.2, 0) is 13.0 Å². The number of benzene rings is 2. The van der Waals surface area contributed by atoms with Crippen molar-refractivity contribution in [3.05, 3.63) is 63.9 Å². The molecular formula is C15H14BrClFN. The van der Waals surface area contributed by atoms with Crippen molar-refractivity contribution in [2.75, 3.05) is 11.2 Å². The van der Waals surface area contributed by atoms with Gasteiger partial charge in [-0.15, -0.1) is 11.6 Å². The van der Waals surface area contributed by atoms with E-state index in [2.05, 4.69) is 33.4 Å². The molecule has 0 aliphatic carbocycles. The Morgan fingerprint density at radius 2 is 1.74 bits per heavy atom. The molecule has 1 N–H and O–H groups in total. The van der Waals surface area contributed by atoms with E-state index >= 15 is 0 Å². The van der Waals surface area contributed by atoms with Crippen LogP contribution in [0.3, 0.4) is 0 Å². The zero-order valence-electron chi connectivity index (χ0n) is 10.3. The Kier molecular flexibility index (Phi) is 5.23. The number of alkyl halides is 1. The Morgan fingerprint density at radius 1 is 1.05 bits per heavy atom. The minimum atomic E-state index is -0.242. The van der Waals surface area contributed by atoms with Gasteiger partial charge in [0.2, 0.25) is 0 Å². The number of hydrogen-bond donors (Lipinski definition) is 1. The second-order valence-electron chi connectivity index (χ2n) is 4.24. The van der Waals surface area contributed by atoms with Gasteiger partial charge in [-0.1, -0.05) is 18.2 Å². The SMILES string of the molecule is Fc1ccc(CNc2ccc(CCCl)cc2)cc1Br. The number of hydrogen-bond acceptors (Lipinski definition) is 1. The monoisotopic (exact) mass is 341 g/mol. The smallest absolute Gasteiger partial charge is 0.137 e. The molecule has 0 aliphatic heterocycles. The largest absolute Gasteiger partial charge is 0.381 e. The van der Waals surface area contributed by atoms with Crippen LogP contribution in [0.2, 0.25) is 0 Å². The Hall–Kier alpha value is -1.06. The molecule has 0 aromatic heterocycles. The van der Waals surface area contributed by atoms with Crippen molar-refractivity contribution in [3.8, 4) is 0 Å². The van der Waals surface area contributed by atoms with Crippen LogP contribution in [0.1, 0.15) is 11.1 Å². The zero-order chi connectivity index (χ0) is 13.7. The molecule has 0 heterocycles. The molecule has 0 radical (unpaired) electrons. The predicted octanol–water partition coefficient (Wildman–Crippen LogP) is 4.98. The van der Waals surface area contributed by atoms with Crippen LogP contribution in [0.25, 0.3) is 0 Å². The van der Waals surface area contributed by atoms with Crippen molar-refractivity contribution in [1.82, 2.24) is 0 Å². The lowest BCUT2D eigenvalue weighted by Crippen LogP contribution is -2.00. The number of nitrogens with one attached hydrogen (secondary N) is 1. The van der Waals surface area contributed by atoms with Crippen molar-refractivity contribution in [2.45, 2.75) is 13.0 Å². The van der Waals surface area contributed by atoms with Gasteiger partial charge in [-0.05, 0) is 57.7 Å². The molecule has 100 valence electrons. The maximum atomic E-state index is 13.1. The molecule has 2 rings (SSSR count). The molecule has 0 saturated carbocycles. The summed E-state index contributed by atoms with van der Waals surface area (Å²) < 4.78 is 13.6. The van der Waals surface area contributed by atoms with Gasteiger partial charge in [0.25, 0.3) is 0 Å². The van der Waals surface area contributed by atoms with Crippen LogP contribution >= 0.6 is 27.5 Å². The van der Waals surface area contributed by atoms with Gasteiger partial charge in [0, 0.05) is 18.1 Å². The second-order valence-corrected chi connectivity index (χ2v) is 5.47. The van der Waals surface area contributed by atoms with E-state index in [-0.39, 0.29) is 5.82 Å². The van der Waals surface area contributed by atoms with E-state index in [1.54, 1.807) is 12.1 Å². The zero-order valence-corrected chi connectivity index (χ0v) is 12.6. The Balaban J connectivity index is 1.96. The summed E-state index contributed by atoms with van der Waals surface area (Å²) in [6.45, 7) is 0.660. The number of aryl methyl sites for hydroxylation is 1. The average Bonchev–Trinajstić information content (AvgIpc) is 2.42. The highest BCUT2D eigenvalue weighted by molar-refractivity contribution is 9.10. The molecule has 0 spiro atoms. The van der Waals surface area contributed by atoms with E-state index in [9.17, 15) is 4.39 Å². The Morgan fingerprint density at radius 3 is 2.37 bits per heavy atom. The lowest BCUT2D eigenvalue weighted by Gasteiger charge is -2.08. The molecule has 2 aromatic carbocycles. The highest BCUT2D eigenvalue weighted by Crippen LogP contribution is 2.18. The predicted molar refractivity (Wildman–Crippen MR) is 82.3 cm³/mol. The fourth-order valence-corrected chi connectivity index (χ4v) is 2.40. The molecule has 0 bridgehead atoms. The van der Waals surface area contributed by atoms with Gasteiger partial charge in [0.05, 0.1) is 4.47 Å². The van der Waals surface area contributed by atoms with Gasteiger partial charge in [-0.25, -0.2) is 4.39 Å². The molecular weight excluding hydrogens is 329 g/mol. The van der Waals surface area contributed by atoms with Gasteiger partial charge in [0.15, 0.2) is 0 Å². The van der Waals surface area contributed by atoms with E-state index < -0.39 is 0 Å². The first kappa shape index (κ1) is 14.4. The van der Waals surface area contributed by atoms with E-state index in [0.29, 0.717) is 16.9 Å². The highest BCUT2D eigenvalue weighted by Gasteiger charge is 2.00. The molecule has 0 atom stereocenters. The van der Waals surface area contributed by atoms with E-state index in [1.165, 1.54) is 11.6 Å². The minimum absolute atomic E-state index is 0.242. The molecule has 0 aliphatic rings. The van der Waals surface area contributed by atoms with Crippen LogP contribution < -0.4 is 5.32 Å². The van der Waals surface area contributed by atoms with Crippen LogP contribution in [0, 0.1) is 5.82 Å². The van der Waals surface area contributed by atoms with Gasteiger partial charge < -0.3 is 5.32 Å².